The summed E-state index contributed by atoms with van der Waals surface area (Å²) in [6.45, 7) is 18.8. The van der Waals surface area contributed by atoms with Crippen LogP contribution in [0, 0.1) is 0 Å². The Kier molecular flexibility index (Phi) is 7.20. The predicted octanol–water partition coefficient (Wildman–Crippen LogP) is 5.57. The molecular weight excluding hydrogens is 523 g/mol. The van der Waals surface area contributed by atoms with E-state index in [1.807, 2.05) is 0 Å². The Morgan fingerprint density at radius 3 is 1.77 bits per heavy atom. The molecule has 2 aromatic carbocycles. The average molecular weight is 562 g/mol. The predicted molar refractivity (Wildman–Crippen MR) is 145 cm³/mol. The second-order valence-corrected chi connectivity index (χ2v) is 18.8. The normalized spacial score (nSPS) is 16.7. The van der Waals surface area contributed by atoms with Gasteiger partial charge in [-0.2, -0.15) is 0 Å². The third kappa shape index (κ3) is 4.93. The van der Waals surface area contributed by atoms with Gasteiger partial charge in [0.05, 0.1) is 0 Å². The Bertz CT molecular complexity index is 1270. The van der Waals surface area contributed by atoms with Crippen LogP contribution in [0.15, 0.2) is 72.3 Å². The first-order valence-corrected chi connectivity index (χ1v) is 16.5. The Labute approximate surface area is 227 Å². The van der Waals surface area contributed by atoms with Gasteiger partial charge in [-0.3, -0.25) is 0 Å². The molecule has 5 rings (SSSR count). The second-order valence-electron chi connectivity index (χ2n) is 12.6. The molecule has 0 saturated carbocycles. The third-order valence-electron chi connectivity index (χ3n) is 7.73. The van der Waals surface area contributed by atoms with Crippen molar-refractivity contribution in [2.24, 2.45) is 0 Å². The minimum absolute atomic E-state index is 0. The zero-order chi connectivity index (χ0) is 24.4. The van der Waals surface area contributed by atoms with E-state index in [1.54, 1.807) is 21.0 Å². The zero-order valence-corrected chi connectivity index (χ0v) is 25.9. The Morgan fingerprint density at radius 2 is 1.29 bits per heavy atom. The maximum absolute atomic E-state index is 2.55. The second kappa shape index (κ2) is 9.46. The number of benzene rings is 2. The molecule has 0 bridgehead atoms. The molecule has 3 aliphatic carbocycles. The van der Waals surface area contributed by atoms with Gasteiger partial charge < -0.3 is 12.4 Å². The molecule has 0 heterocycles. The van der Waals surface area contributed by atoms with Crippen molar-refractivity contribution < 1.29 is 34.2 Å². The Morgan fingerprint density at radius 1 is 0.714 bits per heavy atom. The summed E-state index contributed by atoms with van der Waals surface area (Å²) in [6, 6.07) is 12.2. The first-order valence-electron chi connectivity index (χ1n) is 12.9. The molecule has 0 aliphatic heterocycles. The third-order valence-corrected chi connectivity index (χ3v) is 15.2. The molecule has 2 heteroatoms. The molecule has 182 valence electrons. The van der Waals surface area contributed by atoms with Crippen molar-refractivity contribution in [3.05, 3.63) is 94.6 Å². The number of rotatable bonds is 3. The summed E-state index contributed by atoms with van der Waals surface area (Å²) in [5.41, 5.74) is 12.4. The van der Waals surface area contributed by atoms with Gasteiger partial charge in [-0.1, -0.05) is 0 Å². The monoisotopic (exact) mass is 560 g/mol. The SMILES string of the molecule is CC1=CC[C]([Zr+]([C]2=CC(C)=CC2)[c]2c(C(C)(C)C)ccc3c2Cc2cc(C(C)(C)C)ccc2-3)=C1.[Cl-]. The van der Waals surface area contributed by atoms with Crippen molar-refractivity contribution in [2.75, 3.05) is 0 Å². The van der Waals surface area contributed by atoms with Crippen LogP contribution < -0.4 is 15.7 Å². The standard InChI is InChI=1S/C21H25.2C6H7.ClH.Zr/c1-20(2,3)16-7-9-18-14(12-16)11-15-13-17(21(4,5)6)8-10-19(15)18;2*1-6-4-2-3-5-6;;/h7-10,12H,11H2,1-6H3;2*4-5H,2H2,1H3;1H;/q;;;;+1/p-1. The summed E-state index contributed by atoms with van der Waals surface area (Å²) in [5.74, 6) is 0. The van der Waals surface area contributed by atoms with Crippen LogP contribution in [0.4, 0.5) is 0 Å². The molecule has 0 fully saturated rings. The molecule has 0 nitrogen and oxygen atoms in total. The number of fused-ring (bicyclic) bond motifs is 3. The van der Waals surface area contributed by atoms with Crippen LogP contribution in [-0.2, 0) is 39.0 Å². The summed E-state index contributed by atoms with van der Waals surface area (Å²) < 4.78 is 5.31. The van der Waals surface area contributed by atoms with Crippen LogP contribution in [-0.4, -0.2) is 0 Å². The summed E-state index contributed by atoms with van der Waals surface area (Å²) >= 11 is -2.30. The topological polar surface area (TPSA) is 0 Å². The fourth-order valence-corrected chi connectivity index (χ4v) is 14.9. The van der Waals surface area contributed by atoms with E-state index in [9.17, 15) is 0 Å². The molecule has 3 aliphatic rings. The van der Waals surface area contributed by atoms with E-state index in [0.29, 0.717) is 0 Å². The van der Waals surface area contributed by atoms with Gasteiger partial charge in [-0.15, -0.1) is 0 Å². The number of hydrogen-bond donors (Lipinski definition) is 0. The molecular formula is C33H39ClZr. The van der Waals surface area contributed by atoms with Gasteiger partial charge in [0.1, 0.15) is 0 Å². The van der Waals surface area contributed by atoms with E-state index in [2.05, 4.69) is 110 Å². The van der Waals surface area contributed by atoms with E-state index in [0.717, 1.165) is 19.3 Å². The quantitative estimate of drug-likeness (QED) is 0.392. The molecule has 0 aromatic heterocycles. The van der Waals surface area contributed by atoms with E-state index < -0.39 is 21.8 Å². The molecule has 0 atom stereocenters. The maximum atomic E-state index is 2.55. The van der Waals surface area contributed by atoms with Crippen LogP contribution in [0.2, 0.25) is 0 Å². The molecule has 0 amide bonds. The first kappa shape index (κ1) is 26.6. The number of hydrogen-bond acceptors (Lipinski definition) is 0. The zero-order valence-electron chi connectivity index (χ0n) is 22.7. The van der Waals surface area contributed by atoms with Crippen LogP contribution in [0.25, 0.3) is 11.1 Å². The fourth-order valence-electron chi connectivity index (χ4n) is 5.86. The van der Waals surface area contributed by atoms with Crippen LogP contribution >= 0.6 is 0 Å². The summed E-state index contributed by atoms with van der Waals surface area (Å²) in [7, 11) is 0. The van der Waals surface area contributed by atoms with Crippen molar-refractivity contribution in [1.29, 1.82) is 0 Å². The van der Waals surface area contributed by atoms with Crippen LogP contribution in [0.5, 0.6) is 0 Å². The molecule has 0 radical (unpaired) electrons. The van der Waals surface area contributed by atoms with E-state index in [-0.39, 0.29) is 23.2 Å². The van der Waals surface area contributed by atoms with Gasteiger partial charge in [0.25, 0.3) is 0 Å². The van der Waals surface area contributed by atoms with Crippen molar-refractivity contribution in [1.82, 2.24) is 0 Å². The smallest absolute Gasteiger partial charge is 1.00 e. The molecule has 2 aromatic rings. The molecule has 0 unspecified atom stereocenters. The van der Waals surface area contributed by atoms with Gasteiger partial charge in [-0.05, 0) is 0 Å². The maximum Gasteiger partial charge on any atom is -1.00 e. The fraction of sp³-hybridized carbons (Fsp3) is 0.394. The van der Waals surface area contributed by atoms with Crippen molar-refractivity contribution >= 4 is 3.27 Å². The molecule has 0 spiro atoms. The van der Waals surface area contributed by atoms with Gasteiger partial charge >= 0.3 is 216 Å². The van der Waals surface area contributed by atoms with Gasteiger partial charge in [0.15, 0.2) is 0 Å². The van der Waals surface area contributed by atoms with E-state index >= 15 is 0 Å². The number of allylic oxidation sites excluding steroid dienone is 8. The van der Waals surface area contributed by atoms with Crippen LogP contribution in [0.1, 0.15) is 90.5 Å². The summed E-state index contributed by atoms with van der Waals surface area (Å²) in [6.07, 6.45) is 13.4. The summed E-state index contributed by atoms with van der Waals surface area (Å²) in [4.78, 5) is 0. The van der Waals surface area contributed by atoms with E-state index in [4.69, 9.17) is 0 Å². The van der Waals surface area contributed by atoms with Crippen molar-refractivity contribution in [2.45, 2.75) is 85.5 Å². The number of halogens is 1. The minimum Gasteiger partial charge on any atom is -1.00 e. The van der Waals surface area contributed by atoms with E-state index in [1.165, 1.54) is 33.4 Å². The van der Waals surface area contributed by atoms with Gasteiger partial charge in [0, 0.05) is 0 Å². The van der Waals surface area contributed by atoms with Gasteiger partial charge in [-0.25, -0.2) is 0 Å². The van der Waals surface area contributed by atoms with Crippen molar-refractivity contribution in [3.63, 3.8) is 0 Å². The largest absolute Gasteiger partial charge is 1.00 e. The Balaban J connectivity index is 0.00000289. The van der Waals surface area contributed by atoms with Crippen molar-refractivity contribution in [3.8, 4) is 11.1 Å². The average Bonchev–Trinajstić information content (AvgIpc) is 3.45. The minimum atomic E-state index is -2.30. The molecule has 0 N–H and O–H groups in total. The first-order chi connectivity index (χ1) is 15.9. The van der Waals surface area contributed by atoms with Crippen LogP contribution in [0.3, 0.4) is 0 Å². The molecule has 0 saturated heterocycles. The summed E-state index contributed by atoms with van der Waals surface area (Å²) in [5, 5.41) is 0. The van der Waals surface area contributed by atoms with Gasteiger partial charge in [0.2, 0.25) is 0 Å². The molecule has 35 heavy (non-hydrogen) atoms. The Hall–Kier alpha value is -1.43.